The SMILES string of the molecule is COc1ccc(S(=O)(=O)N2CCC(C(=O)N(C)Cc3c(F)cccc3Cl)CC2)cc1. The minimum Gasteiger partial charge on any atom is -0.497 e. The number of carbonyl (C=O) groups excluding carboxylic acids is 1. The highest BCUT2D eigenvalue weighted by Crippen LogP contribution is 2.27. The largest absolute Gasteiger partial charge is 0.497 e. The Hall–Kier alpha value is -2.16. The molecule has 0 N–H and O–H groups in total. The number of methoxy groups -OCH3 is 1. The van der Waals surface area contributed by atoms with Gasteiger partial charge in [-0.25, -0.2) is 12.8 Å². The number of benzene rings is 2. The van der Waals surface area contributed by atoms with Gasteiger partial charge in [-0.05, 0) is 49.2 Å². The van der Waals surface area contributed by atoms with Crippen LogP contribution in [0.25, 0.3) is 0 Å². The molecule has 1 amide bonds. The van der Waals surface area contributed by atoms with E-state index in [2.05, 4.69) is 0 Å². The van der Waals surface area contributed by atoms with Crippen LogP contribution in [0.1, 0.15) is 18.4 Å². The summed E-state index contributed by atoms with van der Waals surface area (Å²) in [6.07, 6.45) is 0.813. The number of hydrogen-bond donors (Lipinski definition) is 0. The van der Waals surface area contributed by atoms with E-state index in [1.807, 2.05) is 0 Å². The maximum absolute atomic E-state index is 14.0. The molecular formula is C21H24ClFN2O4S. The molecule has 0 bridgehead atoms. The second kappa shape index (κ2) is 9.32. The predicted molar refractivity (Wildman–Crippen MR) is 112 cm³/mol. The van der Waals surface area contributed by atoms with Crippen molar-refractivity contribution in [1.82, 2.24) is 9.21 Å². The fraction of sp³-hybridized carbons (Fsp3) is 0.381. The molecule has 6 nitrogen and oxygen atoms in total. The fourth-order valence-electron chi connectivity index (χ4n) is 3.55. The number of halogens is 2. The van der Waals surface area contributed by atoms with Crippen LogP contribution in [-0.4, -0.2) is 50.8 Å². The first-order chi connectivity index (χ1) is 14.2. The van der Waals surface area contributed by atoms with Crippen molar-refractivity contribution in [2.75, 3.05) is 27.2 Å². The lowest BCUT2D eigenvalue weighted by atomic mass is 9.96. The summed E-state index contributed by atoms with van der Waals surface area (Å²) in [7, 11) is -0.511. The molecule has 1 saturated heterocycles. The highest BCUT2D eigenvalue weighted by molar-refractivity contribution is 7.89. The molecule has 0 atom stereocenters. The van der Waals surface area contributed by atoms with Crippen LogP contribution in [0.2, 0.25) is 5.02 Å². The lowest BCUT2D eigenvalue weighted by molar-refractivity contribution is -0.135. The second-order valence-corrected chi connectivity index (χ2v) is 9.59. The van der Waals surface area contributed by atoms with Crippen LogP contribution in [0.5, 0.6) is 5.75 Å². The molecule has 1 heterocycles. The van der Waals surface area contributed by atoms with Gasteiger partial charge in [-0.15, -0.1) is 0 Å². The molecule has 30 heavy (non-hydrogen) atoms. The highest BCUT2D eigenvalue weighted by atomic mass is 35.5. The van der Waals surface area contributed by atoms with Crippen LogP contribution in [0, 0.1) is 11.7 Å². The first-order valence-corrected chi connectivity index (χ1v) is 11.4. The van der Waals surface area contributed by atoms with E-state index in [9.17, 15) is 17.6 Å². The number of carbonyl (C=O) groups is 1. The summed E-state index contributed by atoms with van der Waals surface area (Å²) in [4.78, 5) is 14.4. The Morgan fingerprint density at radius 3 is 2.40 bits per heavy atom. The predicted octanol–water partition coefficient (Wildman–Crippen LogP) is 3.55. The van der Waals surface area contributed by atoms with E-state index in [1.165, 1.54) is 40.6 Å². The van der Waals surface area contributed by atoms with E-state index >= 15 is 0 Å². The Labute approximate surface area is 181 Å². The third-order valence-corrected chi connectivity index (χ3v) is 7.60. The number of amides is 1. The fourth-order valence-corrected chi connectivity index (χ4v) is 5.24. The van der Waals surface area contributed by atoms with Crippen LogP contribution in [-0.2, 0) is 21.4 Å². The molecule has 1 aliphatic rings. The Morgan fingerprint density at radius 2 is 1.83 bits per heavy atom. The minimum absolute atomic E-state index is 0.0642. The maximum atomic E-state index is 14.0. The van der Waals surface area contributed by atoms with Gasteiger partial charge in [0.2, 0.25) is 15.9 Å². The van der Waals surface area contributed by atoms with Gasteiger partial charge in [-0.2, -0.15) is 4.31 Å². The average molecular weight is 455 g/mol. The third kappa shape index (κ3) is 4.77. The van der Waals surface area contributed by atoms with Gasteiger partial charge in [0.1, 0.15) is 11.6 Å². The number of sulfonamides is 1. The van der Waals surface area contributed by atoms with E-state index in [4.69, 9.17) is 16.3 Å². The third-order valence-electron chi connectivity index (χ3n) is 5.33. The summed E-state index contributed by atoms with van der Waals surface area (Å²) >= 11 is 6.05. The van der Waals surface area contributed by atoms with Crippen LogP contribution in [0.15, 0.2) is 47.4 Å². The lowest BCUT2D eigenvalue weighted by Gasteiger charge is -2.32. The Balaban J connectivity index is 1.62. The van der Waals surface area contributed by atoms with Crippen molar-refractivity contribution < 1.29 is 22.3 Å². The molecule has 0 aliphatic carbocycles. The average Bonchev–Trinajstić information content (AvgIpc) is 2.76. The smallest absolute Gasteiger partial charge is 0.243 e. The van der Waals surface area contributed by atoms with E-state index in [-0.39, 0.29) is 46.9 Å². The zero-order chi connectivity index (χ0) is 21.9. The molecule has 3 rings (SSSR count). The van der Waals surface area contributed by atoms with Gasteiger partial charge in [-0.3, -0.25) is 4.79 Å². The molecule has 0 radical (unpaired) electrons. The summed E-state index contributed by atoms with van der Waals surface area (Å²) in [6, 6.07) is 10.6. The zero-order valence-electron chi connectivity index (χ0n) is 16.8. The molecule has 1 aliphatic heterocycles. The molecule has 2 aromatic rings. The van der Waals surface area contributed by atoms with Crippen LogP contribution >= 0.6 is 11.6 Å². The molecule has 162 valence electrons. The topological polar surface area (TPSA) is 66.9 Å². The molecule has 2 aromatic carbocycles. The number of hydrogen-bond acceptors (Lipinski definition) is 4. The van der Waals surface area contributed by atoms with Crippen LogP contribution < -0.4 is 4.74 Å². The van der Waals surface area contributed by atoms with Gasteiger partial charge in [0.15, 0.2) is 0 Å². The first-order valence-electron chi connectivity index (χ1n) is 9.56. The summed E-state index contributed by atoms with van der Waals surface area (Å²) < 4.78 is 46.2. The van der Waals surface area contributed by atoms with E-state index in [0.717, 1.165) is 0 Å². The van der Waals surface area contributed by atoms with Crippen molar-refractivity contribution in [2.45, 2.75) is 24.3 Å². The van der Waals surface area contributed by atoms with Gasteiger partial charge in [0.05, 0.1) is 12.0 Å². The molecule has 0 spiro atoms. The van der Waals surface area contributed by atoms with Crippen LogP contribution in [0.4, 0.5) is 4.39 Å². The van der Waals surface area contributed by atoms with E-state index < -0.39 is 15.8 Å². The monoisotopic (exact) mass is 454 g/mol. The summed E-state index contributed by atoms with van der Waals surface area (Å²) in [5.74, 6) is -0.336. The van der Waals surface area contributed by atoms with E-state index in [0.29, 0.717) is 18.6 Å². The van der Waals surface area contributed by atoms with Crippen molar-refractivity contribution in [3.05, 3.63) is 58.9 Å². The Kier molecular flexibility index (Phi) is 7.00. The molecule has 0 unspecified atom stereocenters. The number of nitrogens with zero attached hydrogens (tertiary/aromatic N) is 2. The van der Waals surface area contributed by atoms with Crippen molar-refractivity contribution in [3.63, 3.8) is 0 Å². The lowest BCUT2D eigenvalue weighted by Crippen LogP contribution is -2.43. The summed E-state index contributed by atoms with van der Waals surface area (Å²) in [5.41, 5.74) is 0.273. The molecule has 9 heteroatoms. The van der Waals surface area contributed by atoms with Gasteiger partial charge >= 0.3 is 0 Å². The summed E-state index contributed by atoms with van der Waals surface area (Å²) in [6.45, 7) is 0.562. The minimum atomic E-state index is -3.63. The van der Waals surface area contributed by atoms with Crippen molar-refractivity contribution >= 4 is 27.5 Å². The van der Waals surface area contributed by atoms with Gasteiger partial charge in [-0.1, -0.05) is 17.7 Å². The molecular weight excluding hydrogens is 431 g/mol. The number of rotatable bonds is 6. The first kappa shape index (κ1) is 22.5. The number of ether oxygens (including phenoxy) is 1. The zero-order valence-corrected chi connectivity index (χ0v) is 18.4. The van der Waals surface area contributed by atoms with Gasteiger partial charge in [0.25, 0.3) is 0 Å². The van der Waals surface area contributed by atoms with Crippen molar-refractivity contribution in [2.24, 2.45) is 5.92 Å². The van der Waals surface area contributed by atoms with Crippen molar-refractivity contribution in [1.29, 1.82) is 0 Å². The maximum Gasteiger partial charge on any atom is 0.243 e. The van der Waals surface area contributed by atoms with E-state index in [1.54, 1.807) is 25.2 Å². The summed E-state index contributed by atoms with van der Waals surface area (Å²) in [5, 5.41) is 0.273. The quantitative estimate of drug-likeness (QED) is 0.669. The van der Waals surface area contributed by atoms with Crippen LogP contribution in [0.3, 0.4) is 0 Å². The normalized spacial score (nSPS) is 15.7. The highest BCUT2D eigenvalue weighted by Gasteiger charge is 2.33. The van der Waals surface area contributed by atoms with Gasteiger partial charge in [0, 0.05) is 43.2 Å². The molecule has 1 fully saturated rings. The second-order valence-electron chi connectivity index (χ2n) is 7.25. The standard InChI is InChI=1S/C21H24ClFN2O4S/c1-24(14-18-19(22)4-3-5-20(18)23)21(26)15-10-12-25(13-11-15)30(27,28)17-8-6-16(29-2)7-9-17/h3-9,15H,10-14H2,1-2H3. The molecule has 0 saturated carbocycles. The Bertz CT molecular complexity index is 986. The van der Waals surface area contributed by atoms with Crippen molar-refractivity contribution in [3.8, 4) is 5.75 Å². The Morgan fingerprint density at radius 1 is 1.20 bits per heavy atom. The molecule has 0 aromatic heterocycles. The van der Waals surface area contributed by atoms with Gasteiger partial charge < -0.3 is 9.64 Å². The number of piperidine rings is 1.